The van der Waals surface area contributed by atoms with Gasteiger partial charge in [-0.2, -0.15) is 0 Å². The SMILES string of the molecule is CC(C)N(Cc1nnc(-c2ccccc2Cl)o1)C(=O)Cc1ccccc1Cl. The minimum absolute atomic E-state index is 0.0318. The van der Waals surface area contributed by atoms with Gasteiger partial charge < -0.3 is 9.32 Å². The predicted molar refractivity (Wildman–Crippen MR) is 106 cm³/mol. The van der Waals surface area contributed by atoms with Crippen molar-refractivity contribution in [2.75, 3.05) is 0 Å². The average Bonchev–Trinajstić information content (AvgIpc) is 3.10. The number of aromatic nitrogens is 2. The Hall–Kier alpha value is -2.37. The Morgan fingerprint density at radius 1 is 1.04 bits per heavy atom. The van der Waals surface area contributed by atoms with E-state index in [9.17, 15) is 4.79 Å². The molecule has 0 aliphatic rings. The van der Waals surface area contributed by atoms with Gasteiger partial charge in [-0.15, -0.1) is 10.2 Å². The molecule has 1 aromatic heterocycles. The maximum absolute atomic E-state index is 12.8. The van der Waals surface area contributed by atoms with E-state index in [2.05, 4.69) is 10.2 Å². The first-order chi connectivity index (χ1) is 13.0. The Bertz CT molecular complexity index is 940. The molecule has 27 heavy (non-hydrogen) atoms. The molecule has 0 spiro atoms. The first-order valence-corrected chi connectivity index (χ1v) is 9.31. The van der Waals surface area contributed by atoms with Crippen molar-refractivity contribution in [1.29, 1.82) is 0 Å². The molecule has 0 saturated heterocycles. The van der Waals surface area contributed by atoms with Crippen molar-refractivity contribution >= 4 is 29.1 Å². The summed E-state index contributed by atoms with van der Waals surface area (Å²) in [6, 6.07) is 14.5. The van der Waals surface area contributed by atoms with Crippen LogP contribution in [0.15, 0.2) is 52.9 Å². The van der Waals surface area contributed by atoms with Crippen LogP contribution in [-0.2, 0) is 17.8 Å². The summed E-state index contributed by atoms with van der Waals surface area (Å²) < 4.78 is 5.73. The van der Waals surface area contributed by atoms with E-state index < -0.39 is 0 Å². The van der Waals surface area contributed by atoms with Crippen LogP contribution in [0.3, 0.4) is 0 Å². The fourth-order valence-electron chi connectivity index (χ4n) is 2.67. The zero-order chi connectivity index (χ0) is 19.4. The van der Waals surface area contributed by atoms with E-state index in [1.54, 1.807) is 17.0 Å². The quantitative estimate of drug-likeness (QED) is 0.579. The number of benzene rings is 2. The largest absolute Gasteiger partial charge is 0.419 e. The van der Waals surface area contributed by atoms with Crippen LogP contribution >= 0.6 is 23.2 Å². The molecule has 7 heteroatoms. The van der Waals surface area contributed by atoms with Crippen molar-refractivity contribution in [3.8, 4) is 11.5 Å². The number of carbonyl (C=O) groups excluding carboxylic acids is 1. The Labute approximate surface area is 167 Å². The van der Waals surface area contributed by atoms with Crippen LogP contribution in [0, 0.1) is 0 Å². The molecule has 3 aromatic rings. The smallest absolute Gasteiger partial charge is 0.249 e. The molecule has 3 rings (SSSR count). The summed E-state index contributed by atoms with van der Waals surface area (Å²) in [5, 5.41) is 9.23. The molecule has 0 bridgehead atoms. The molecule has 0 saturated carbocycles. The fraction of sp³-hybridized carbons (Fsp3) is 0.250. The Kier molecular flexibility index (Phi) is 6.14. The van der Waals surface area contributed by atoms with E-state index in [0.717, 1.165) is 5.56 Å². The summed E-state index contributed by atoms with van der Waals surface area (Å²) in [7, 11) is 0. The lowest BCUT2D eigenvalue weighted by atomic mass is 10.1. The van der Waals surface area contributed by atoms with Gasteiger partial charge in [0.05, 0.1) is 23.6 Å². The number of hydrogen-bond acceptors (Lipinski definition) is 4. The number of rotatable bonds is 6. The van der Waals surface area contributed by atoms with Gasteiger partial charge in [0.2, 0.25) is 17.7 Å². The summed E-state index contributed by atoms with van der Waals surface area (Å²) in [5.74, 6) is 0.625. The molecule has 5 nitrogen and oxygen atoms in total. The van der Waals surface area contributed by atoms with E-state index in [0.29, 0.717) is 27.4 Å². The lowest BCUT2D eigenvalue weighted by molar-refractivity contribution is -0.133. The molecule has 0 aliphatic carbocycles. The second-order valence-electron chi connectivity index (χ2n) is 6.36. The monoisotopic (exact) mass is 403 g/mol. The molecular weight excluding hydrogens is 385 g/mol. The first kappa shape index (κ1) is 19.4. The highest BCUT2D eigenvalue weighted by molar-refractivity contribution is 6.33. The third kappa shape index (κ3) is 4.67. The van der Waals surface area contributed by atoms with Crippen molar-refractivity contribution in [2.45, 2.75) is 32.9 Å². The van der Waals surface area contributed by atoms with Gasteiger partial charge in [-0.25, -0.2) is 0 Å². The zero-order valence-electron chi connectivity index (χ0n) is 15.0. The van der Waals surface area contributed by atoms with Crippen LogP contribution in [0.25, 0.3) is 11.5 Å². The summed E-state index contributed by atoms with van der Waals surface area (Å²) in [6.45, 7) is 4.10. The summed E-state index contributed by atoms with van der Waals surface area (Å²) in [4.78, 5) is 14.5. The van der Waals surface area contributed by atoms with Gasteiger partial charge >= 0.3 is 0 Å². The molecule has 0 unspecified atom stereocenters. The standard InChI is InChI=1S/C20H19Cl2N3O2/c1-13(2)25(19(26)11-14-7-3-5-9-16(14)21)12-18-23-24-20(27-18)15-8-4-6-10-17(15)22/h3-10,13H,11-12H2,1-2H3. The molecule has 1 amide bonds. The second-order valence-corrected chi connectivity index (χ2v) is 7.18. The predicted octanol–water partition coefficient (Wildman–Crippen LogP) is 5.02. The van der Waals surface area contributed by atoms with Crippen molar-refractivity contribution < 1.29 is 9.21 Å². The Balaban J connectivity index is 1.76. The average molecular weight is 404 g/mol. The van der Waals surface area contributed by atoms with Crippen molar-refractivity contribution in [3.05, 3.63) is 70.0 Å². The minimum Gasteiger partial charge on any atom is -0.419 e. The molecule has 0 N–H and O–H groups in total. The highest BCUT2D eigenvalue weighted by atomic mass is 35.5. The van der Waals surface area contributed by atoms with Crippen LogP contribution in [0.5, 0.6) is 0 Å². The highest BCUT2D eigenvalue weighted by Crippen LogP contribution is 2.26. The first-order valence-electron chi connectivity index (χ1n) is 8.56. The van der Waals surface area contributed by atoms with Gasteiger partial charge in [0.25, 0.3) is 0 Å². The minimum atomic E-state index is -0.0596. The number of nitrogens with zero attached hydrogens (tertiary/aromatic N) is 3. The normalized spacial score (nSPS) is 11.0. The van der Waals surface area contributed by atoms with Crippen LogP contribution in [0.4, 0.5) is 0 Å². The van der Waals surface area contributed by atoms with Gasteiger partial charge in [-0.05, 0) is 37.6 Å². The van der Waals surface area contributed by atoms with Gasteiger partial charge in [-0.3, -0.25) is 4.79 Å². The maximum Gasteiger partial charge on any atom is 0.249 e. The second kappa shape index (κ2) is 8.55. The lowest BCUT2D eigenvalue weighted by Crippen LogP contribution is -2.37. The molecule has 0 aliphatic heterocycles. The van der Waals surface area contributed by atoms with E-state index in [1.165, 1.54) is 0 Å². The van der Waals surface area contributed by atoms with E-state index >= 15 is 0 Å². The summed E-state index contributed by atoms with van der Waals surface area (Å²) in [5.41, 5.74) is 1.45. The third-order valence-electron chi connectivity index (χ3n) is 4.12. The summed E-state index contributed by atoms with van der Waals surface area (Å²) >= 11 is 12.3. The lowest BCUT2D eigenvalue weighted by Gasteiger charge is -2.25. The van der Waals surface area contributed by atoms with Gasteiger partial charge in [0.1, 0.15) is 0 Å². The van der Waals surface area contributed by atoms with E-state index in [4.69, 9.17) is 27.6 Å². The van der Waals surface area contributed by atoms with Gasteiger partial charge in [0.15, 0.2) is 0 Å². The molecule has 2 aromatic carbocycles. The van der Waals surface area contributed by atoms with E-state index in [-0.39, 0.29) is 24.9 Å². The number of hydrogen-bond donors (Lipinski definition) is 0. The van der Waals surface area contributed by atoms with E-state index in [1.807, 2.05) is 50.2 Å². The van der Waals surface area contributed by atoms with Crippen LogP contribution < -0.4 is 0 Å². The molecule has 0 radical (unpaired) electrons. The Morgan fingerprint density at radius 2 is 1.70 bits per heavy atom. The van der Waals surface area contributed by atoms with Crippen LogP contribution in [-0.4, -0.2) is 27.0 Å². The summed E-state index contributed by atoms with van der Waals surface area (Å²) in [6.07, 6.45) is 0.212. The number of carbonyl (C=O) groups is 1. The maximum atomic E-state index is 12.8. The van der Waals surface area contributed by atoms with Crippen molar-refractivity contribution in [1.82, 2.24) is 15.1 Å². The Morgan fingerprint density at radius 3 is 2.37 bits per heavy atom. The van der Waals surface area contributed by atoms with Crippen molar-refractivity contribution in [2.24, 2.45) is 0 Å². The van der Waals surface area contributed by atoms with Crippen molar-refractivity contribution in [3.63, 3.8) is 0 Å². The third-order valence-corrected chi connectivity index (χ3v) is 4.82. The molecule has 1 heterocycles. The van der Waals surface area contributed by atoms with Gasteiger partial charge in [0, 0.05) is 11.1 Å². The molecular formula is C20H19Cl2N3O2. The zero-order valence-corrected chi connectivity index (χ0v) is 16.5. The highest BCUT2D eigenvalue weighted by Gasteiger charge is 2.22. The number of amides is 1. The number of halogens is 2. The van der Waals surface area contributed by atoms with Gasteiger partial charge in [-0.1, -0.05) is 53.5 Å². The molecule has 0 atom stereocenters. The van der Waals surface area contributed by atoms with Crippen LogP contribution in [0.1, 0.15) is 25.3 Å². The van der Waals surface area contributed by atoms with Crippen LogP contribution in [0.2, 0.25) is 10.0 Å². The molecule has 0 fully saturated rings. The fourth-order valence-corrected chi connectivity index (χ4v) is 3.09. The topological polar surface area (TPSA) is 59.2 Å². The molecule has 140 valence electrons.